The zero-order chi connectivity index (χ0) is 23.7. The molecule has 0 spiro atoms. The summed E-state index contributed by atoms with van der Waals surface area (Å²) in [6.45, 7) is 4.83. The number of amides is 1. The Balaban J connectivity index is 1.31. The lowest BCUT2D eigenvalue weighted by atomic mass is 9.97. The van der Waals surface area contributed by atoms with Gasteiger partial charge in [0.05, 0.1) is 12.1 Å². The Kier molecular flexibility index (Phi) is 6.06. The Morgan fingerprint density at radius 2 is 1.91 bits per heavy atom. The molecule has 8 heteroatoms. The molecule has 1 fully saturated rings. The minimum Gasteiger partial charge on any atom is -0.446 e. The van der Waals surface area contributed by atoms with Gasteiger partial charge in [0.25, 0.3) is 0 Å². The first kappa shape index (κ1) is 22.2. The van der Waals surface area contributed by atoms with E-state index in [9.17, 15) is 4.79 Å². The lowest BCUT2D eigenvalue weighted by molar-refractivity contribution is 0.108. The number of hydrogen-bond donors (Lipinski definition) is 2. The van der Waals surface area contributed by atoms with Crippen molar-refractivity contribution in [3.05, 3.63) is 72.1 Å². The van der Waals surface area contributed by atoms with Gasteiger partial charge < -0.3 is 20.1 Å². The van der Waals surface area contributed by atoms with Gasteiger partial charge in [0.1, 0.15) is 11.9 Å². The smallest absolute Gasteiger partial charge is 0.411 e. The van der Waals surface area contributed by atoms with Crippen molar-refractivity contribution in [1.29, 1.82) is 0 Å². The van der Waals surface area contributed by atoms with Crippen molar-refractivity contribution in [2.24, 2.45) is 11.7 Å². The summed E-state index contributed by atoms with van der Waals surface area (Å²) < 4.78 is 11.3. The number of ether oxygens (including phenoxy) is 2. The Labute approximate surface area is 199 Å². The van der Waals surface area contributed by atoms with Crippen molar-refractivity contribution in [1.82, 2.24) is 9.97 Å². The second-order valence-corrected chi connectivity index (χ2v) is 8.81. The number of nitrogens with zero attached hydrogens (tertiary/aromatic N) is 3. The monoisotopic (exact) mass is 459 g/mol. The van der Waals surface area contributed by atoms with Crippen LogP contribution in [0, 0.1) is 5.92 Å². The molecule has 8 nitrogen and oxygen atoms in total. The summed E-state index contributed by atoms with van der Waals surface area (Å²) in [5.41, 5.74) is 10.6. The molecule has 1 aliphatic heterocycles. The first-order valence-electron chi connectivity index (χ1n) is 11.7. The molecule has 34 heavy (non-hydrogen) atoms. The van der Waals surface area contributed by atoms with Gasteiger partial charge in [-0.25, -0.2) is 14.8 Å². The van der Waals surface area contributed by atoms with Crippen LogP contribution in [-0.2, 0) is 4.74 Å². The molecule has 0 bridgehead atoms. The van der Waals surface area contributed by atoms with Gasteiger partial charge in [-0.05, 0) is 68.0 Å². The largest absolute Gasteiger partial charge is 0.446 e. The van der Waals surface area contributed by atoms with E-state index in [0.717, 1.165) is 36.2 Å². The molecule has 1 amide bonds. The highest BCUT2D eigenvalue weighted by molar-refractivity contribution is 5.84. The normalized spacial score (nSPS) is 19.9. The van der Waals surface area contributed by atoms with Crippen molar-refractivity contribution < 1.29 is 14.3 Å². The molecule has 2 unspecified atom stereocenters. The van der Waals surface area contributed by atoms with Crippen LogP contribution >= 0.6 is 0 Å². The van der Waals surface area contributed by atoms with Gasteiger partial charge in [-0.15, -0.1) is 0 Å². The second kappa shape index (κ2) is 9.30. The van der Waals surface area contributed by atoms with Gasteiger partial charge in [0.15, 0.2) is 0 Å². The van der Waals surface area contributed by atoms with Crippen LogP contribution in [0.25, 0.3) is 0 Å². The van der Waals surface area contributed by atoms with E-state index in [1.807, 2.05) is 49.4 Å². The van der Waals surface area contributed by atoms with E-state index in [1.165, 1.54) is 0 Å². The highest BCUT2D eigenvalue weighted by atomic mass is 16.6. The number of benzene rings is 2. The van der Waals surface area contributed by atoms with Gasteiger partial charge in [-0.2, -0.15) is 0 Å². The van der Waals surface area contributed by atoms with Crippen LogP contribution in [0.4, 0.5) is 16.2 Å². The fourth-order valence-electron chi connectivity index (χ4n) is 4.57. The number of carbonyl (C=O) groups is 1. The van der Waals surface area contributed by atoms with Crippen molar-refractivity contribution in [2.75, 3.05) is 16.8 Å². The topological polar surface area (TPSA) is 103 Å². The number of rotatable bonds is 7. The van der Waals surface area contributed by atoms with E-state index in [2.05, 4.69) is 27.1 Å². The van der Waals surface area contributed by atoms with E-state index in [0.29, 0.717) is 23.4 Å². The second-order valence-electron chi connectivity index (χ2n) is 8.81. The fourth-order valence-corrected chi connectivity index (χ4v) is 4.57. The molecule has 2 aromatic carbocycles. The van der Waals surface area contributed by atoms with E-state index >= 15 is 0 Å². The third-order valence-electron chi connectivity index (χ3n) is 6.52. The molecule has 1 aliphatic carbocycles. The number of carbonyl (C=O) groups excluding carboxylic acids is 1. The van der Waals surface area contributed by atoms with Crippen LogP contribution in [0.3, 0.4) is 0 Å². The van der Waals surface area contributed by atoms with E-state index in [1.54, 1.807) is 18.5 Å². The number of nitrogens with two attached hydrogens (primary N) is 1. The molecule has 3 atom stereocenters. The van der Waals surface area contributed by atoms with Gasteiger partial charge in [-0.1, -0.05) is 18.2 Å². The lowest BCUT2D eigenvalue weighted by Crippen LogP contribution is -2.29. The van der Waals surface area contributed by atoms with Crippen LogP contribution in [0.1, 0.15) is 49.9 Å². The van der Waals surface area contributed by atoms with Gasteiger partial charge >= 0.3 is 12.1 Å². The van der Waals surface area contributed by atoms with Crippen LogP contribution < -0.4 is 20.7 Å². The summed E-state index contributed by atoms with van der Waals surface area (Å²) in [5, 5.41) is 2.82. The minimum absolute atomic E-state index is 0.0286. The molecule has 3 aromatic rings. The van der Waals surface area contributed by atoms with Gasteiger partial charge in [0.2, 0.25) is 0 Å². The van der Waals surface area contributed by atoms with E-state index < -0.39 is 6.09 Å². The average molecular weight is 460 g/mol. The summed E-state index contributed by atoms with van der Waals surface area (Å²) in [6.07, 6.45) is 5.10. The maximum Gasteiger partial charge on any atom is 0.411 e. The number of aromatic nitrogens is 2. The maximum atomic E-state index is 12.2. The van der Waals surface area contributed by atoms with Crippen LogP contribution in [-0.4, -0.2) is 28.7 Å². The number of hydrogen-bond acceptors (Lipinski definition) is 7. The quantitative estimate of drug-likeness (QED) is 0.501. The number of anilines is 2. The zero-order valence-electron chi connectivity index (χ0n) is 19.3. The highest BCUT2D eigenvalue weighted by Crippen LogP contribution is 2.47. The molecule has 2 heterocycles. The average Bonchev–Trinajstić information content (AvgIpc) is 3.65. The van der Waals surface area contributed by atoms with Gasteiger partial charge in [0, 0.05) is 36.4 Å². The SMILES string of the molecule is CCN1c2cc(Oc3ncccn3)ccc2C(N)C1c1ccc(NC(=O)O[C@H](C)C2CC2)cc1. The first-order valence-corrected chi connectivity index (χ1v) is 11.7. The maximum absolute atomic E-state index is 12.2. The standard InChI is InChI=1S/C26H29N5O3/c1-3-31-22-15-20(34-25-28-13-4-14-29-25)11-12-21(22)23(27)24(31)18-7-9-19(10-8-18)30-26(32)33-16(2)17-5-6-17/h4,7-17,23-24H,3,5-6,27H2,1-2H3,(H,30,32)/t16-,23?,24?/m1/s1. The summed E-state index contributed by atoms with van der Waals surface area (Å²) in [6, 6.07) is 15.5. The molecule has 176 valence electrons. The third kappa shape index (κ3) is 4.54. The van der Waals surface area contributed by atoms with E-state index in [4.69, 9.17) is 15.2 Å². The summed E-state index contributed by atoms with van der Waals surface area (Å²) in [5.74, 6) is 1.17. The van der Waals surface area contributed by atoms with Crippen molar-refractivity contribution in [2.45, 2.75) is 44.9 Å². The van der Waals surface area contributed by atoms with Crippen molar-refractivity contribution >= 4 is 17.5 Å². The lowest BCUT2D eigenvalue weighted by Gasteiger charge is -2.28. The van der Waals surface area contributed by atoms with Crippen LogP contribution in [0.15, 0.2) is 60.9 Å². The molecule has 3 N–H and O–H groups in total. The summed E-state index contributed by atoms with van der Waals surface area (Å²) in [7, 11) is 0. The summed E-state index contributed by atoms with van der Waals surface area (Å²) >= 11 is 0. The Bertz CT molecular complexity index is 1150. The number of likely N-dealkylation sites (N-methyl/N-ethyl adjacent to an activating group) is 1. The Morgan fingerprint density at radius 1 is 1.18 bits per heavy atom. The zero-order valence-corrected chi connectivity index (χ0v) is 19.3. The molecular weight excluding hydrogens is 430 g/mol. The van der Waals surface area contributed by atoms with E-state index in [-0.39, 0.29) is 18.2 Å². The molecule has 1 aromatic heterocycles. The summed E-state index contributed by atoms with van der Waals surface area (Å²) in [4.78, 5) is 22.7. The fraction of sp³-hybridized carbons (Fsp3) is 0.346. The van der Waals surface area contributed by atoms with Crippen molar-refractivity contribution in [3.8, 4) is 11.8 Å². The number of fused-ring (bicyclic) bond motifs is 1. The predicted molar refractivity (Wildman–Crippen MR) is 130 cm³/mol. The molecule has 2 aliphatic rings. The Morgan fingerprint density at radius 3 is 2.59 bits per heavy atom. The predicted octanol–water partition coefficient (Wildman–Crippen LogP) is 5.20. The van der Waals surface area contributed by atoms with Crippen molar-refractivity contribution in [3.63, 3.8) is 0 Å². The molecular formula is C26H29N5O3. The van der Waals surface area contributed by atoms with Crippen LogP contribution in [0.2, 0.25) is 0 Å². The van der Waals surface area contributed by atoms with Gasteiger partial charge in [-0.3, -0.25) is 5.32 Å². The first-order chi connectivity index (χ1) is 16.5. The third-order valence-corrected chi connectivity index (χ3v) is 6.52. The Hall–Kier alpha value is -3.65. The minimum atomic E-state index is -0.415. The number of nitrogens with one attached hydrogen (secondary N) is 1. The molecule has 0 radical (unpaired) electrons. The molecule has 1 saturated carbocycles. The van der Waals surface area contributed by atoms with Crippen LogP contribution in [0.5, 0.6) is 11.8 Å². The molecule has 0 saturated heterocycles. The highest BCUT2D eigenvalue weighted by Gasteiger charge is 2.37. The molecule has 5 rings (SSSR count).